The minimum absolute atomic E-state index is 0.132. The third kappa shape index (κ3) is 4.74. The van der Waals surface area contributed by atoms with Crippen molar-refractivity contribution in [3.05, 3.63) is 35.9 Å². The van der Waals surface area contributed by atoms with Gasteiger partial charge >= 0.3 is 6.03 Å². The van der Waals surface area contributed by atoms with Crippen LogP contribution in [0.5, 0.6) is 0 Å². The second-order valence-electron chi connectivity index (χ2n) is 6.36. The van der Waals surface area contributed by atoms with Gasteiger partial charge in [-0.2, -0.15) is 0 Å². The molecule has 0 unspecified atom stereocenters. The number of nitrogens with one attached hydrogen (secondary N) is 2. The quantitative estimate of drug-likeness (QED) is 0.813. The van der Waals surface area contributed by atoms with Crippen LogP contribution in [-0.4, -0.2) is 38.9 Å². The van der Waals surface area contributed by atoms with Crippen molar-refractivity contribution in [3.63, 3.8) is 0 Å². The number of ether oxygens (including phenoxy) is 1. The normalized spacial score (nSPS) is 18.0. The zero-order valence-electron chi connectivity index (χ0n) is 14.2. The fraction of sp³-hybridized carbons (Fsp3) is 0.526. The molecule has 5 heteroatoms. The van der Waals surface area contributed by atoms with E-state index >= 15 is 0 Å². The molecule has 0 aromatic heterocycles. The number of allylic oxidation sites excluding steroid dienone is 1. The minimum Gasteiger partial charge on any atom is -0.378 e. The van der Waals surface area contributed by atoms with E-state index in [-0.39, 0.29) is 6.03 Å². The van der Waals surface area contributed by atoms with Crippen molar-refractivity contribution in [1.82, 2.24) is 5.32 Å². The molecule has 3 rings (SSSR count). The number of amides is 2. The Kier molecular flexibility index (Phi) is 6.13. The first-order valence-corrected chi connectivity index (χ1v) is 8.97. The number of hydrogen-bond donors (Lipinski definition) is 2. The zero-order chi connectivity index (χ0) is 16.6. The lowest BCUT2D eigenvalue weighted by Crippen LogP contribution is -2.37. The number of rotatable bonds is 5. The molecule has 130 valence electrons. The Bertz CT molecular complexity index is 580. The largest absolute Gasteiger partial charge is 0.378 e. The lowest BCUT2D eigenvalue weighted by molar-refractivity contribution is 0.123. The standard InChI is InChI=1S/C19H27N3O2/c23-19(20-11-10-16-6-2-1-3-7-16)21-17-8-4-5-9-18(17)22-12-14-24-15-13-22/h4-6,8-9H,1-3,7,10-15H2,(H2,20,21,23). The average molecular weight is 329 g/mol. The van der Waals surface area contributed by atoms with Gasteiger partial charge in [0, 0.05) is 19.6 Å². The highest BCUT2D eigenvalue weighted by molar-refractivity contribution is 5.93. The third-order valence-corrected chi connectivity index (χ3v) is 4.62. The lowest BCUT2D eigenvalue weighted by atomic mass is 9.97. The molecule has 1 fully saturated rings. The van der Waals surface area contributed by atoms with E-state index < -0.39 is 0 Å². The van der Waals surface area contributed by atoms with Crippen molar-refractivity contribution < 1.29 is 9.53 Å². The summed E-state index contributed by atoms with van der Waals surface area (Å²) < 4.78 is 5.41. The molecule has 5 nitrogen and oxygen atoms in total. The monoisotopic (exact) mass is 329 g/mol. The second-order valence-corrected chi connectivity index (χ2v) is 6.36. The Balaban J connectivity index is 1.51. The van der Waals surface area contributed by atoms with E-state index in [4.69, 9.17) is 4.74 Å². The molecule has 24 heavy (non-hydrogen) atoms. The molecule has 1 aliphatic heterocycles. The molecule has 1 heterocycles. The van der Waals surface area contributed by atoms with Crippen molar-refractivity contribution in [3.8, 4) is 0 Å². The summed E-state index contributed by atoms with van der Waals surface area (Å²) in [5.41, 5.74) is 3.40. The van der Waals surface area contributed by atoms with E-state index in [0.29, 0.717) is 6.54 Å². The van der Waals surface area contributed by atoms with Gasteiger partial charge in [-0.1, -0.05) is 23.8 Å². The van der Waals surface area contributed by atoms with Crippen molar-refractivity contribution in [1.29, 1.82) is 0 Å². The van der Waals surface area contributed by atoms with E-state index in [1.54, 1.807) is 0 Å². The molecule has 0 atom stereocenters. The van der Waals surface area contributed by atoms with Crippen LogP contribution in [0.3, 0.4) is 0 Å². The number of nitrogens with zero attached hydrogens (tertiary/aromatic N) is 1. The fourth-order valence-electron chi connectivity index (χ4n) is 3.29. The molecule has 2 N–H and O–H groups in total. The Morgan fingerprint density at radius 1 is 1.17 bits per heavy atom. The van der Waals surface area contributed by atoms with E-state index in [1.807, 2.05) is 24.3 Å². The molecule has 0 spiro atoms. The summed E-state index contributed by atoms with van der Waals surface area (Å²) in [7, 11) is 0. The number of para-hydroxylation sites is 2. The summed E-state index contributed by atoms with van der Waals surface area (Å²) in [6.07, 6.45) is 8.24. The molecule has 1 saturated heterocycles. The van der Waals surface area contributed by atoms with E-state index in [1.165, 1.54) is 31.3 Å². The van der Waals surface area contributed by atoms with Gasteiger partial charge in [0.25, 0.3) is 0 Å². The topological polar surface area (TPSA) is 53.6 Å². The van der Waals surface area contributed by atoms with E-state index in [0.717, 1.165) is 44.1 Å². The molecule has 0 saturated carbocycles. The second kappa shape index (κ2) is 8.73. The summed E-state index contributed by atoms with van der Waals surface area (Å²) >= 11 is 0. The first-order chi connectivity index (χ1) is 11.8. The molecule has 2 amide bonds. The number of carbonyl (C=O) groups excluding carboxylic acids is 1. The molecule has 2 aliphatic rings. The van der Waals surface area contributed by atoms with Crippen LogP contribution in [0.15, 0.2) is 35.9 Å². The summed E-state index contributed by atoms with van der Waals surface area (Å²) in [5, 5.41) is 5.97. The smallest absolute Gasteiger partial charge is 0.319 e. The highest BCUT2D eigenvalue weighted by Crippen LogP contribution is 2.26. The SMILES string of the molecule is O=C(NCCC1=CCCCC1)Nc1ccccc1N1CCOCC1. The van der Waals surface area contributed by atoms with Gasteiger partial charge in [0.05, 0.1) is 24.6 Å². The van der Waals surface area contributed by atoms with Crippen molar-refractivity contribution in [2.75, 3.05) is 43.1 Å². The first kappa shape index (κ1) is 16.8. The van der Waals surface area contributed by atoms with Crippen LogP contribution in [0.25, 0.3) is 0 Å². The van der Waals surface area contributed by atoms with Crippen LogP contribution in [0.1, 0.15) is 32.1 Å². The summed E-state index contributed by atoms with van der Waals surface area (Å²) in [6, 6.07) is 7.82. The Hall–Kier alpha value is -2.01. The maximum absolute atomic E-state index is 12.2. The van der Waals surface area contributed by atoms with Crippen molar-refractivity contribution in [2.45, 2.75) is 32.1 Å². The molecule has 0 radical (unpaired) electrons. The van der Waals surface area contributed by atoms with Gasteiger partial charge < -0.3 is 20.3 Å². The van der Waals surface area contributed by atoms with Crippen LogP contribution in [0.4, 0.5) is 16.2 Å². The molecular formula is C19H27N3O2. The fourth-order valence-corrected chi connectivity index (χ4v) is 3.29. The van der Waals surface area contributed by atoms with Crippen LogP contribution in [0.2, 0.25) is 0 Å². The van der Waals surface area contributed by atoms with Gasteiger partial charge in [-0.25, -0.2) is 4.79 Å². The highest BCUT2D eigenvalue weighted by Gasteiger charge is 2.15. The van der Waals surface area contributed by atoms with Gasteiger partial charge in [-0.05, 0) is 44.2 Å². The van der Waals surface area contributed by atoms with E-state index in [2.05, 4.69) is 21.6 Å². The van der Waals surface area contributed by atoms with Gasteiger partial charge in [-0.15, -0.1) is 0 Å². The number of urea groups is 1. The van der Waals surface area contributed by atoms with Crippen molar-refractivity contribution >= 4 is 17.4 Å². The van der Waals surface area contributed by atoms with Gasteiger partial charge in [-0.3, -0.25) is 0 Å². The summed E-state index contributed by atoms with van der Waals surface area (Å²) in [6.45, 7) is 3.87. The lowest BCUT2D eigenvalue weighted by Gasteiger charge is -2.30. The zero-order valence-corrected chi connectivity index (χ0v) is 14.2. The maximum Gasteiger partial charge on any atom is 0.319 e. The molecule has 1 aliphatic carbocycles. The van der Waals surface area contributed by atoms with E-state index in [9.17, 15) is 4.79 Å². The molecule has 1 aromatic carbocycles. The molecule has 0 bridgehead atoms. The Morgan fingerprint density at radius 3 is 2.79 bits per heavy atom. The predicted octanol–water partition coefficient (Wildman–Crippen LogP) is 3.54. The molecular weight excluding hydrogens is 302 g/mol. The third-order valence-electron chi connectivity index (χ3n) is 4.62. The van der Waals surface area contributed by atoms with Gasteiger partial charge in [0.15, 0.2) is 0 Å². The Labute approximate surface area is 144 Å². The minimum atomic E-state index is -0.132. The van der Waals surface area contributed by atoms with Gasteiger partial charge in [0.1, 0.15) is 0 Å². The number of anilines is 2. The maximum atomic E-state index is 12.2. The first-order valence-electron chi connectivity index (χ1n) is 8.97. The molecule has 1 aromatic rings. The predicted molar refractivity (Wildman–Crippen MR) is 97.7 cm³/mol. The van der Waals surface area contributed by atoms with Crippen LogP contribution in [-0.2, 0) is 4.74 Å². The summed E-state index contributed by atoms with van der Waals surface area (Å²) in [5.74, 6) is 0. The highest BCUT2D eigenvalue weighted by atomic mass is 16.5. The number of hydrogen-bond acceptors (Lipinski definition) is 3. The Morgan fingerprint density at radius 2 is 2.00 bits per heavy atom. The summed E-state index contributed by atoms with van der Waals surface area (Å²) in [4.78, 5) is 14.5. The van der Waals surface area contributed by atoms with Gasteiger partial charge in [0.2, 0.25) is 0 Å². The van der Waals surface area contributed by atoms with Crippen molar-refractivity contribution in [2.24, 2.45) is 0 Å². The average Bonchev–Trinajstić information content (AvgIpc) is 2.64. The van der Waals surface area contributed by atoms with Crippen LogP contribution < -0.4 is 15.5 Å². The van der Waals surface area contributed by atoms with Crippen LogP contribution >= 0.6 is 0 Å². The number of morpholine rings is 1. The van der Waals surface area contributed by atoms with Crippen LogP contribution in [0, 0.1) is 0 Å². The number of carbonyl (C=O) groups is 1. The number of benzene rings is 1.